The summed E-state index contributed by atoms with van der Waals surface area (Å²) >= 11 is 1.62. The molecule has 33 heavy (non-hydrogen) atoms. The quantitative estimate of drug-likeness (QED) is 0.510. The molecule has 1 unspecified atom stereocenters. The molecule has 0 spiro atoms. The van der Waals surface area contributed by atoms with Crippen molar-refractivity contribution < 1.29 is 19.0 Å². The zero-order valence-electron chi connectivity index (χ0n) is 18.9. The van der Waals surface area contributed by atoms with Gasteiger partial charge in [0.15, 0.2) is 11.5 Å². The third kappa shape index (κ3) is 5.07. The molecule has 2 aromatic carbocycles. The van der Waals surface area contributed by atoms with Gasteiger partial charge in [0.1, 0.15) is 6.61 Å². The summed E-state index contributed by atoms with van der Waals surface area (Å²) in [6.07, 6.45) is 1.44. The summed E-state index contributed by atoms with van der Waals surface area (Å²) in [6, 6.07) is 14.6. The molecule has 3 aromatic rings. The SMILES string of the molecule is Cc1ccccc1-c1cc2c(c(OCC3CCOC3)c1)OCCN(C(=O)Cc1ccsc1)C2. The first-order chi connectivity index (χ1) is 16.2. The average molecular weight is 464 g/mol. The topological polar surface area (TPSA) is 48.0 Å². The highest BCUT2D eigenvalue weighted by Crippen LogP contribution is 2.39. The molecule has 1 atom stereocenters. The smallest absolute Gasteiger partial charge is 0.227 e. The van der Waals surface area contributed by atoms with Gasteiger partial charge in [0.05, 0.1) is 26.2 Å². The Hall–Kier alpha value is -2.83. The minimum absolute atomic E-state index is 0.122. The summed E-state index contributed by atoms with van der Waals surface area (Å²) < 4.78 is 18.0. The van der Waals surface area contributed by atoms with Gasteiger partial charge < -0.3 is 19.1 Å². The van der Waals surface area contributed by atoms with Crippen molar-refractivity contribution in [3.63, 3.8) is 0 Å². The van der Waals surface area contributed by atoms with Gasteiger partial charge >= 0.3 is 0 Å². The van der Waals surface area contributed by atoms with Gasteiger partial charge in [0.2, 0.25) is 5.91 Å². The highest BCUT2D eigenvalue weighted by atomic mass is 32.1. The number of nitrogens with zero attached hydrogens (tertiary/aromatic N) is 1. The number of amides is 1. The predicted octanol–water partition coefficient (Wildman–Crippen LogP) is 5.10. The molecule has 1 aromatic heterocycles. The normalized spacial score (nSPS) is 17.8. The monoisotopic (exact) mass is 463 g/mol. The highest BCUT2D eigenvalue weighted by Gasteiger charge is 2.25. The molecule has 0 saturated carbocycles. The first-order valence-electron chi connectivity index (χ1n) is 11.5. The van der Waals surface area contributed by atoms with Crippen LogP contribution in [0.15, 0.2) is 53.2 Å². The molecule has 3 heterocycles. The lowest BCUT2D eigenvalue weighted by atomic mass is 9.97. The lowest BCUT2D eigenvalue weighted by Crippen LogP contribution is -2.33. The summed E-state index contributed by atoms with van der Waals surface area (Å²) in [4.78, 5) is 15.0. The van der Waals surface area contributed by atoms with Gasteiger partial charge in [0, 0.05) is 24.6 Å². The van der Waals surface area contributed by atoms with E-state index in [0.29, 0.717) is 38.6 Å². The molecule has 172 valence electrons. The van der Waals surface area contributed by atoms with Crippen molar-refractivity contribution in [3.8, 4) is 22.6 Å². The lowest BCUT2D eigenvalue weighted by Gasteiger charge is -2.21. The first-order valence-corrected chi connectivity index (χ1v) is 12.5. The van der Waals surface area contributed by atoms with Gasteiger partial charge in [0.25, 0.3) is 0 Å². The van der Waals surface area contributed by atoms with Gasteiger partial charge in [-0.05, 0) is 64.6 Å². The number of carbonyl (C=O) groups excluding carboxylic acids is 1. The maximum absolute atomic E-state index is 13.1. The summed E-state index contributed by atoms with van der Waals surface area (Å²) in [5, 5.41) is 4.05. The van der Waals surface area contributed by atoms with Gasteiger partial charge in [-0.25, -0.2) is 0 Å². The molecule has 1 amide bonds. The van der Waals surface area contributed by atoms with Crippen LogP contribution in [0, 0.1) is 12.8 Å². The predicted molar refractivity (Wildman–Crippen MR) is 130 cm³/mol. The van der Waals surface area contributed by atoms with E-state index in [-0.39, 0.29) is 5.91 Å². The molecular weight excluding hydrogens is 434 g/mol. The van der Waals surface area contributed by atoms with Crippen LogP contribution >= 0.6 is 11.3 Å². The van der Waals surface area contributed by atoms with E-state index < -0.39 is 0 Å². The number of thiophene rings is 1. The number of ether oxygens (including phenoxy) is 3. The molecular formula is C27H29NO4S. The standard InChI is InChI=1S/C27H29NO4S/c1-19-4-2-3-5-24(19)22-13-23-15-28(26(29)12-20-7-11-33-18-20)8-10-31-27(23)25(14-22)32-17-21-6-9-30-16-21/h2-5,7,11,13-14,18,21H,6,8-10,12,15-17H2,1H3. The van der Waals surface area contributed by atoms with Crippen LogP contribution in [-0.2, 0) is 22.5 Å². The van der Waals surface area contributed by atoms with Gasteiger partial charge in [-0.3, -0.25) is 4.79 Å². The second-order valence-electron chi connectivity index (χ2n) is 8.79. The van der Waals surface area contributed by atoms with Crippen molar-refractivity contribution in [2.24, 2.45) is 5.92 Å². The summed E-state index contributed by atoms with van der Waals surface area (Å²) in [5.74, 6) is 2.04. The number of carbonyl (C=O) groups is 1. The second kappa shape index (κ2) is 9.98. The van der Waals surface area contributed by atoms with Gasteiger partial charge in [-0.2, -0.15) is 11.3 Å². The fourth-order valence-corrected chi connectivity index (χ4v) is 5.13. The van der Waals surface area contributed by atoms with Crippen LogP contribution in [0.25, 0.3) is 11.1 Å². The molecule has 0 bridgehead atoms. The van der Waals surface area contributed by atoms with E-state index in [9.17, 15) is 4.79 Å². The van der Waals surface area contributed by atoms with Crippen molar-refractivity contribution in [1.82, 2.24) is 4.90 Å². The molecule has 0 radical (unpaired) electrons. The fourth-order valence-electron chi connectivity index (χ4n) is 4.46. The van der Waals surface area contributed by atoms with Crippen LogP contribution in [0.2, 0.25) is 0 Å². The summed E-state index contributed by atoms with van der Waals surface area (Å²) in [5.41, 5.74) is 5.50. The number of hydrogen-bond acceptors (Lipinski definition) is 5. The number of rotatable bonds is 6. The highest BCUT2D eigenvalue weighted by molar-refractivity contribution is 7.08. The molecule has 2 aliphatic rings. The van der Waals surface area contributed by atoms with Gasteiger partial charge in [-0.15, -0.1) is 0 Å². The van der Waals surface area contributed by atoms with E-state index >= 15 is 0 Å². The van der Waals surface area contributed by atoms with Crippen molar-refractivity contribution >= 4 is 17.2 Å². The third-order valence-corrected chi connectivity index (χ3v) is 7.08. The summed E-state index contributed by atoms with van der Waals surface area (Å²) in [7, 11) is 0. The molecule has 6 heteroatoms. The molecule has 2 aliphatic heterocycles. The van der Waals surface area contributed by atoms with Crippen molar-refractivity contribution in [2.75, 3.05) is 33.0 Å². The minimum Gasteiger partial charge on any atom is -0.489 e. The van der Waals surface area contributed by atoms with E-state index in [4.69, 9.17) is 14.2 Å². The Morgan fingerprint density at radius 1 is 1.21 bits per heavy atom. The molecule has 5 rings (SSSR count). The maximum atomic E-state index is 13.1. The average Bonchev–Trinajstić information content (AvgIpc) is 3.48. The van der Waals surface area contributed by atoms with Crippen molar-refractivity contribution in [1.29, 1.82) is 0 Å². The minimum atomic E-state index is 0.122. The molecule has 5 nitrogen and oxygen atoms in total. The van der Waals surface area contributed by atoms with Crippen LogP contribution in [-0.4, -0.2) is 43.8 Å². The van der Waals surface area contributed by atoms with E-state index in [1.165, 1.54) is 5.56 Å². The Labute approximate surface area is 198 Å². The maximum Gasteiger partial charge on any atom is 0.227 e. The Bertz CT molecular complexity index is 1110. The van der Waals surface area contributed by atoms with Crippen LogP contribution in [0.3, 0.4) is 0 Å². The number of aryl methyl sites for hydroxylation is 1. The third-order valence-electron chi connectivity index (χ3n) is 6.34. The fraction of sp³-hybridized carbons (Fsp3) is 0.370. The molecule has 1 saturated heterocycles. The van der Waals surface area contributed by atoms with Gasteiger partial charge in [-0.1, -0.05) is 24.3 Å². The zero-order chi connectivity index (χ0) is 22.6. The zero-order valence-corrected chi connectivity index (χ0v) is 19.7. The van der Waals surface area contributed by atoms with Crippen molar-refractivity contribution in [2.45, 2.75) is 26.3 Å². The molecule has 0 N–H and O–H groups in total. The number of fused-ring (bicyclic) bond motifs is 1. The van der Waals surface area contributed by atoms with Crippen LogP contribution in [0.4, 0.5) is 0 Å². The number of hydrogen-bond donors (Lipinski definition) is 0. The van der Waals surface area contributed by atoms with E-state index in [1.807, 2.05) is 27.8 Å². The Morgan fingerprint density at radius 3 is 2.91 bits per heavy atom. The summed E-state index contributed by atoms with van der Waals surface area (Å²) in [6.45, 7) is 5.79. The Morgan fingerprint density at radius 2 is 2.12 bits per heavy atom. The largest absolute Gasteiger partial charge is 0.489 e. The van der Waals surface area contributed by atoms with E-state index in [0.717, 1.165) is 53.4 Å². The number of benzene rings is 2. The van der Waals surface area contributed by atoms with Crippen molar-refractivity contribution in [3.05, 3.63) is 69.9 Å². The molecule has 1 fully saturated rings. The van der Waals surface area contributed by atoms with Crippen LogP contribution in [0.5, 0.6) is 11.5 Å². The van der Waals surface area contributed by atoms with E-state index in [1.54, 1.807) is 11.3 Å². The first kappa shape index (κ1) is 22.0. The second-order valence-corrected chi connectivity index (χ2v) is 9.57. The molecule has 0 aliphatic carbocycles. The lowest BCUT2D eigenvalue weighted by molar-refractivity contribution is -0.131. The van der Waals surface area contributed by atoms with Crippen LogP contribution in [0.1, 0.15) is 23.1 Å². The Kier molecular flexibility index (Phi) is 6.65. The Balaban J connectivity index is 1.46. The van der Waals surface area contributed by atoms with Crippen LogP contribution < -0.4 is 9.47 Å². The van der Waals surface area contributed by atoms with E-state index in [2.05, 4.69) is 37.3 Å².